The molecule has 1 aliphatic heterocycles. The second kappa shape index (κ2) is 7.92. The first-order valence-electron chi connectivity index (χ1n) is 8.73. The maximum Gasteiger partial charge on any atom is 0.163 e. The van der Waals surface area contributed by atoms with Crippen molar-refractivity contribution in [3.05, 3.63) is 42.0 Å². The zero-order chi connectivity index (χ0) is 17.6. The molecule has 0 atom stereocenters. The third-order valence-electron chi connectivity index (χ3n) is 4.23. The van der Waals surface area contributed by atoms with Crippen molar-refractivity contribution in [1.82, 2.24) is 0 Å². The van der Waals surface area contributed by atoms with E-state index >= 15 is 0 Å². The molecule has 132 valence electrons. The third-order valence-corrected chi connectivity index (χ3v) is 4.23. The first-order valence-corrected chi connectivity index (χ1v) is 8.73. The zero-order valence-corrected chi connectivity index (χ0v) is 14.7. The summed E-state index contributed by atoms with van der Waals surface area (Å²) in [5.41, 5.74) is 2.45. The third kappa shape index (κ3) is 4.05. The van der Waals surface area contributed by atoms with Crippen LogP contribution in [0.4, 0.5) is 11.4 Å². The van der Waals surface area contributed by atoms with Crippen molar-refractivity contribution in [2.45, 2.75) is 20.3 Å². The number of anilines is 1. The van der Waals surface area contributed by atoms with Gasteiger partial charge in [0.25, 0.3) is 0 Å². The standard InChI is InChI=1S/C20H24N2O3/c1-3-22(4-2)17-8-6-15(18(23)13-17)14-21-16-7-9-19-20(12-16)25-11-5-10-24-19/h6-9,12-14,23H,3-5,10-11H2,1-2H3. The molecular weight excluding hydrogens is 316 g/mol. The molecule has 0 saturated heterocycles. The number of aliphatic imine (C=N–C) groups is 1. The van der Waals surface area contributed by atoms with E-state index in [2.05, 4.69) is 23.7 Å². The van der Waals surface area contributed by atoms with E-state index in [-0.39, 0.29) is 5.75 Å². The van der Waals surface area contributed by atoms with Crippen molar-refractivity contribution in [3.63, 3.8) is 0 Å². The average molecular weight is 340 g/mol. The van der Waals surface area contributed by atoms with E-state index in [1.165, 1.54) is 0 Å². The lowest BCUT2D eigenvalue weighted by Gasteiger charge is -2.21. The zero-order valence-electron chi connectivity index (χ0n) is 14.7. The van der Waals surface area contributed by atoms with Gasteiger partial charge in [-0.25, -0.2) is 0 Å². The lowest BCUT2D eigenvalue weighted by atomic mass is 10.1. The van der Waals surface area contributed by atoms with Crippen molar-refractivity contribution in [3.8, 4) is 17.2 Å². The fraction of sp³-hybridized carbons (Fsp3) is 0.350. The second-order valence-electron chi connectivity index (χ2n) is 5.86. The van der Waals surface area contributed by atoms with E-state index in [1.807, 2.05) is 30.3 Å². The number of hydrogen-bond donors (Lipinski definition) is 1. The number of fused-ring (bicyclic) bond motifs is 1. The topological polar surface area (TPSA) is 54.3 Å². The molecule has 2 aromatic carbocycles. The van der Waals surface area contributed by atoms with E-state index in [0.29, 0.717) is 24.5 Å². The van der Waals surface area contributed by atoms with Gasteiger partial charge in [-0.2, -0.15) is 0 Å². The maximum absolute atomic E-state index is 10.3. The van der Waals surface area contributed by atoms with Crippen LogP contribution in [0, 0.1) is 0 Å². The highest BCUT2D eigenvalue weighted by Crippen LogP contribution is 2.33. The minimum atomic E-state index is 0.225. The van der Waals surface area contributed by atoms with Crippen LogP contribution in [0.25, 0.3) is 0 Å². The van der Waals surface area contributed by atoms with Gasteiger partial charge in [0, 0.05) is 49.1 Å². The van der Waals surface area contributed by atoms with Gasteiger partial charge in [-0.05, 0) is 38.1 Å². The lowest BCUT2D eigenvalue weighted by molar-refractivity contribution is 0.297. The van der Waals surface area contributed by atoms with Crippen LogP contribution in [0.1, 0.15) is 25.8 Å². The van der Waals surface area contributed by atoms with Gasteiger partial charge in [0.05, 0.1) is 18.9 Å². The summed E-state index contributed by atoms with van der Waals surface area (Å²) < 4.78 is 11.3. The summed E-state index contributed by atoms with van der Waals surface area (Å²) in [6, 6.07) is 11.3. The van der Waals surface area contributed by atoms with Crippen molar-refractivity contribution >= 4 is 17.6 Å². The quantitative estimate of drug-likeness (QED) is 0.831. The molecule has 0 amide bonds. The molecule has 0 unspecified atom stereocenters. The monoisotopic (exact) mass is 340 g/mol. The predicted molar refractivity (Wildman–Crippen MR) is 101 cm³/mol. The Kier molecular flexibility index (Phi) is 5.43. The molecule has 5 nitrogen and oxygen atoms in total. The van der Waals surface area contributed by atoms with Gasteiger partial charge in [-0.1, -0.05) is 0 Å². The highest BCUT2D eigenvalue weighted by Gasteiger charge is 2.10. The number of nitrogens with zero attached hydrogens (tertiary/aromatic N) is 2. The molecule has 3 rings (SSSR count). The highest BCUT2D eigenvalue weighted by atomic mass is 16.5. The van der Waals surface area contributed by atoms with Gasteiger partial charge >= 0.3 is 0 Å². The van der Waals surface area contributed by atoms with Crippen molar-refractivity contribution < 1.29 is 14.6 Å². The van der Waals surface area contributed by atoms with Crippen LogP contribution in [0.15, 0.2) is 41.4 Å². The first kappa shape index (κ1) is 17.1. The SMILES string of the molecule is CCN(CC)c1ccc(C=Nc2ccc3c(c2)OCCCO3)c(O)c1. The first-order chi connectivity index (χ1) is 12.2. The van der Waals surface area contributed by atoms with Crippen molar-refractivity contribution in [2.24, 2.45) is 4.99 Å². The number of rotatable bonds is 5. The number of aromatic hydroxyl groups is 1. The number of hydrogen-bond acceptors (Lipinski definition) is 5. The Morgan fingerprint density at radius 3 is 2.52 bits per heavy atom. The van der Waals surface area contributed by atoms with E-state index in [9.17, 15) is 5.11 Å². The molecule has 0 aliphatic carbocycles. The summed E-state index contributed by atoms with van der Waals surface area (Å²) in [7, 11) is 0. The Labute approximate surface area is 148 Å². The Balaban J connectivity index is 1.79. The smallest absolute Gasteiger partial charge is 0.163 e. The Morgan fingerprint density at radius 2 is 1.80 bits per heavy atom. The Morgan fingerprint density at radius 1 is 1.04 bits per heavy atom. The van der Waals surface area contributed by atoms with Gasteiger partial charge in [-0.15, -0.1) is 0 Å². The fourth-order valence-electron chi connectivity index (χ4n) is 2.80. The van der Waals surface area contributed by atoms with Crippen LogP contribution >= 0.6 is 0 Å². The molecule has 0 fully saturated rings. The number of phenols is 1. The molecule has 0 radical (unpaired) electrons. The van der Waals surface area contributed by atoms with Crippen LogP contribution in [0.3, 0.4) is 0 Å². The number of ether oxygens (including phenoxy) is 2. The van der Waals surface area contributed by atoms with Gasteiger partial charge in [0.1, 0.15) is 5.75 Å². The molecule has 1 heterocycles. The van der Waals surface area contributed by atoms with E-state index in [0.717, 1.165) is 36.6 Å². The molecule has 5 heteroatoms. The minimum absolute atomic E-state index is 0.225. The predicted octanol–water partition coefficient (Wildman–Crippen LogP) is 4.15. The lowest BCUT2D eigenvalue weighted by Crippen LogP contribution is -2.21. The van der Waals surface area contributed by atoms with E-state index < -0.39 is 0 Å². The molecule has 0 saturated carbocycles. The summed E-state index contributed by atoms with van der Waals surface area (Å²) >= 11 is 0. The van der Waals surface area contributed by atoms with E-state index in [4.69, 9.17) is 9.47 Å². The van der Waals surface area contributed by atoms with Crippen LogP contribution in [0.5, 0.6) is 17.2 Å². The van der Waals surface area contributed by atoms with Crippen LogP contribution in [-0.4, -0.2) is 37.6 Å². The number of benzene rings is 2. The Bertz CT molecular complexity index is 755. The molecular formula is C20H24N2O3. The summed E-state index contributed by atoms with van der Waals surface area (Å²) in [6.45, 7) is 7.32. The molecule has 25 heavy (non-hydrogen) atoms. The molecule has 2 aromatic rings. The van der Waals surface area contributed by atoms with Crippen molar-refractivity contribution in [1.29, 1.82) is 0 Å². The Hall–Kier alpha value is -2.69. The average Bonchev–Trinajstić information content (AvgIpc) is 2.87. The largest absolute Gasteiger partial charge is 0.507 e. The maximum atomic E-state index is 10.3. The summed E-state index contributed by atoms with van der Waals surface area (Å²) in [4.78, 5) is 6.64. The van der Waals surface area contributed by atoms with Gasteiger partial charge in [0.15, 0.2) is 11.5 Å². The molecule has 0 spiro atoms. The molecule has 0 aromatic heterocycles. The number of phenolic OH excluding ortho intramolecular Hbond substituents is 1. The summed E-state index contributed by atoms with van der Waals surface area (Å²) in [5, 5.41) is 10.3. The molecule has 0 bridgehead atoms. The van der Waals surface area contributed by atoms with Gasteiger partial charge in [-0.3, -0.25) is 4.99 Å². The van der Waals surface area contributed by atoms with E-state index in [1.54, 1.807) is 12.3 Å². The highest BCUT2D eigenvalue weighted by molar-refractivity contribution is 5.86. The minimum Gasteiger partial charge on any atom is -0.507 e. The molecule has 1 aliphatic rings. The van der Waals surface area contributed by atoms with Crippen LogP contribution < -0.4 is 14.4 Å². The van der Waals surface area contributed by atoms with Gasteiger partial charge in [0.2, 0.25) is 0 Å². The van der Waals surface area contributed by atoms with Gasteiger partial charge < -0.3 is 19.5 Å². The fourth-order valence-corrected chi connectivity index (χ4v) is 2.80. The normalized spacial score (nSPS) is 13.7. The molecule has 1 N–H and O–H groups in total. The van der Waals surface area contributed by atoms with Crippen molar-refractivity contribution in [2.75, 3.05) is 31.2 Å². The summed E-state index contributed by atoms with van der Waals surface area (Å²) in [5.74, 6) is 1.69. The van der Waals surface area contributed by atoms with Crippen LogP contribution in [0.2, 0.25) is 0 Å². The van der Waals surface area contributed by atoms with Crippen LogP contribution in [-0.2, 0) is 0 Å². The summed E-state index contributed by atoms with van der Waals surface area (Å²) in [6.07, 6.45) is 2.54. The second-order valence-corrected chi connectivity index (χ2v) is 5.86.